The van der Waals surface area contributed by atoms with Crippen LogP contribution in [0.5, 0.6) is 0 Å². The second-order valence-electron chi connectivity index (χ2n) is 0.750. The third-order valence-electron chi connectivity index (χ3n) is 0.187. The van der Waals surface area contributed by atoms with E-state index in [1.165, 1.54) is 0 Å². The van der Waals surface area contributed by atoms with E-state index >= 15 is 0 Å². The zero-order valence-corrected chi connectivity index (χ0v) is 6.97. The molecule has 0 aromatic carbocycles. The second kappa shape index (κ2) is 3.45. The third-order valence-corrected chi connectivity index (χ3v) is 2.38. The molecular weight excluding hydrogens is 163 g/mol. The average molecular weight is 170 g/mol. The topological polar surface area (TPSA) is 0 Å². The summed E-state index contributed by atoms with van der Waals surface area (Å²) < 4.78 is 0.505. The summed E-state index contributed by atoms with van der Waals surface area (Å²) in [7, 11) is 0. The Morgan fingerprint density at radius 1 is 1.80 bits per heavy atom. The molecule has 0 rings (SSSR count). The van der Waals surface area contributed by atoms with Gasteiger partial charge in [-0.2, -0.15) is 0 Å². The SMILES string of the molecule is SCC(S)[AsH2]. The van der Waals surface area contributed by atoms with Crippen LogP contribution in [-0.2, 0) is 0 Å². The minimum absolute atomic E-state index is 0.505. The van der Waals surface area contributed by atoms with Crippen LogP contribution in [0.25, 0.3) is 0 Å². The van der Waals surface area contributed by atoms with Gasteiger partial charge in [0.1, 0.15) is 0 Å². The first-order chi connectivity index (χ1) is 2.27. The average Bonchev–Trinajstić information content (AvgIpc) is 1.38. The van der Waals surface area contributed by atoms with E-state index in [4.69, 9.17) is 0 Å². The molecule has 0 amide bonds. The Bertz CT molecular complexity index is 21.6. The molecule has 0 spiro atoms. The number of hydrogen-bond acceptors (Lipinski definition) is 2. The molecule has 0 N–H and O–H groups in total. The van der Waals surface area contributed by atoms with Crippen molar-refractivity contribution in [2.75, 3.05) is 5.75 Å². The number of rotatable bonds is 1. The molecule has 0 aliphatic rings. The molecule has 2 atom stereocenters. The van der Waals surface area contributed by atoms with Crippen LogP contribution in [0.4, 0.5) is 0 Å². The molecule has 0 saturated carbocycles. The Balaban J connectivity index is 2.54. The van der Waals surface area contributed by atoms with Crippen molar-refractivity contribution < 1.29 is 0 Å². The van der Waals surface area contributed by atoms with E-state index in [0.29, 0.717) is 4.04 Å². The van der Waals surface area contributed by atoms with Gasteiger partial charge < -0.3 is 0 Å². The molecule has 32 valence electrons. The van der Waals surface area contributed by atoms with Gasteiger partial charge in [-0.1, -0.05) is 0 Å². The molecule has 3 heteroatoms. The normalized spacial score (nSPS) is 15.0. The number of thiol groups is 2. The van der Waals surface area contributed by atoms with Gasteiger partial charge in [-0.25, -0.2) is 0 Å². The fraction of sp³-hybridized carbons (Fsp3) is 1.00. The molecule has 0 radical (unpaired) electrons. The Morgan fingerprint density at radius 2 is 2.00 bits per heavy atom. The van der Waals surface area contributed by atoms with Crippen LogP contribution in [0.2, 0.25) is 0 Å². The van der Waals surface area contributed by atoms with Crippen molar-refractivity contribution in [3.8, 4) is 0 Å². The molecule has 2 unspecified atom stereocenters. The van der Waals surface area contributed by atoms with Crippen molar-refractivity contribution in [1.29, 1.82) is 0 Å². The van der Waals surface area contributed by atoms with Crippen LogP contribution in [0.1, 0.15) is 0 Å². The summed E-state index contributed by atoms with van der Waals surface area (Å²) in [4.78, 5) is 0. The Kier molecular flexibility index (Phi) is 4.32. The summed E-state index contributed by atoms with van der Waals surface area (Å²) in [5.41, 5.74) is 0. The Labute approximate surface area is 52.0 Å². The van der Waals surface area contributed by atoms with Crippen molar-refractivity contribution in [3.05, 3.63) is 0 Å². The summed E-state index contributed by atoms with van der Waals surface area (Å²) in [5.74, 6) is 0.892. The van der Waals surface area contributed by atoms with E-state index in [-0.39, 0.29) is 0 Å². The molecule has 0 fully saturated rings. The van der Waals surface area contributed by atoms with Gasteiger partial charge in [0.05, 0.1) is 0 Å². The zero-order chi connectivity index (χ0) is 4.28. The summed E-state index contributed by atoms with van der Waals surface area (Å²) in [5, 5.41) is 0. The molecule has 0 bridgehead atoms. The van der Waals surface area contributed by atoms with E-state index in [1.807, 2.05) is 0 Å². The Morgan fingerprint density at radius 3 is 2.00 bits per heavy atom. The summed E-state index contributed by atoms with van der Waals surface area (Å²) in [6, 6.07) is 0. The van der Waals surface area contributed by atoms with E-state index in [1.54, 1.807) is 16.9 Å². The van der Waals surface area contributed by atoms with Gasteiger partial charge in [0.2, 0.25) is 0 Å². The van der Waals surface area contributed by atoms with Crippen LogP contribution in [-0.4, -0.2) is 26.6 Å². The molecule has 0 aromatic rings. The molecule has 0 saturated heterocycles. The molecule has 0 nitrogen and oxygen atoms in total. The predicted octanol–water partition coefficient (Wildman–Crippen LogP) is -0.195. The van der Waals surface area contributed by atoms with E-state index < -0.39 is 0 Å². The van der Waals surface area contributed by atoms with Crippen LogP contribution >= 0.6 is 25.3 Å². The van der Waals surface area contributed by atoms with Crippen LogP contribution in [0.15, 0.2) is 0 Å². The van der Waals surface area contributed by atoms with Gasteiger partial charge in [-0.15, -0.1) is 0 Å². The van der Waals surface area contributed by atoms with Crippen LogP contribution < -0.4 is 0 Å². The van der Waals surface area contributed by atoms with E-state index in [0.717, 1.165) is 5.75 Å². The van der Waals surface area contributed by atoms with Gasteiger partial charge in [-0.3, -0.25) is 0 Å². The standard InChI is InChI=1S/C2H7AsS2/c3-2(5)1-4/h2,4-5H,1,3H2. The van der Waals surface area contributed by atoms with Crippen LogP contribution in [0, 0.1) is 0 Å². The van der Waals surface area contributed by atoms with Crippen molar-refractivity contribution in [2.45, 2.75) is 4.04 Å². The van der Waals surface area contributed by atoms with Crippen LogP contribution in [0.3, 0.4) is 0 Å². The van der Waals surface area contributed by atoms with Gasteiger partial charge >= 0.3 is 51.9 Å². The van der Waals surface area contributed by atoms with E-state index in [9.17, 15) is 0 Å². The molecule has 0 aliphatic carbocycles. The maximum absolute atomic E-state index is 4.05. The van der Waals surface area contributed by atoms with Crippen molar-refractivity contribution in [2.24, 2.45) is 0 Å². The predicted molar refractivity (Wildman–Crippen MR) is 35.2 cm³/mol. The van der Waals surface area contributed by atoms with Crippen molar-refractivity contribution in [1.82, 2.24) is 0 Å². The molecule has 0 aliphatic heterocycles. The maximum atomic E-state index is 4.05. The minimum atomic E-state index is 0.505. The first kappa shape index (κ1) is 6.26. The fourth-order valence-corrected chi connectivity index (χ4v) is 0. The molecular formula is C2H7AsS2. The quantitative estimate of drug-likeness (QED) is 0.395. The molecule has 5 heavy (non-hydrogen) atoms. The first-order valence-corrected chi connectivity index (χ1v) is 3.86. The van der Waals surface area contributed by atoms with Gasteiger partial charge in [0.15, 0.2) is 0 Å². The third kappa shape index (κ3) is 5.26. The Hall–Kier alpha value is 1.26. The van der Waals surface area contributed by atoms with Gasteiger partial charge in [0, 0.05) is 0 Å². The first-order valence-electron chi connectivity index (χ1n) is 1.32. The second-order valence-corrected chi connectivity index (χ2v) is 4.64. The summed E-state index contributed by atoms with van der Waals surface area (Å²) >= 11 is 9.63. The summed E-state index contributed by atoms with van der Waals surface area (Å²) in [6.45, 7) is 0. The number of hydrogen-bond donors (Lipinski definition) is 2. The zero-order valence-electron chi connectivity index (χ0n) is 2.76. The molecule has 0 heterocycles. The monoisotopic (exact) mass is 170 g/mol. The fourth-order valence-electron chi connectivity index (χ4n) is 0. The van der Waals surface area contributed by atoms with Crippen molar-refractivity contribution >= 4 is 42.1 Å². The summed E-state index contributed by atoms with van der Waals surface area (Å²) in [6.07, 6.45) is 0. The van der Waals surface area contributed by atoms with E-state index in [2.05, 4.69) is 25.3 Å². The van der Waals surface area contributed by atoms with Gasteiger partial charge in [0.25, 0.3) is 0 Å². The van der Waals surface area contributed by atoms with Crippen molar-refractivity contribution in [3.63, 3.8) is 0 Å². The molecule has 0 aromatic heterocycles. The van der Waals surface area contributed by atoms with Gasteiger partial charge in [-0.05, 0) is 0 Å².